The van der Waals surface area contributed by atoms with E-state index in [1.165, 1.54) is 0 Å². The summed E-state index contributed by atoms with van der Waals surface area (Å²) in [6.45, 7) is 9.36. The number of carbonyl (C=O) groups is 3. The van der Waals surface area contributed by atoms with Crippen molar-refractivity contribution < 1.29 is 19.5 Å². The van der Waals surface area contributed by atoms with E-state index in [0.717, 1.165) is 5.56 Å². The maximum Gasteiger partial charge on any atom is 0.326 e. The molecule has 0 aromatic heterocycles. The summed E-state index contributed by atoms with van der Waals surface area (Å²) in [7, 11) is 0. The fourth-order valence-corrected chi connectivity index (χ4v) is 1.96. The number of benzene rings is 1. The number of rotatable bonds is 6. The van der Waals surface area contributed by atoms with Gasteiger partial charge in [0.05, 0.1) is 0 Å². The van der Waals surface area contributed by atoms with Crippen molar-refractivity contribution in [1.82, 2.24) is 10.6 Å². The molecule has 0 unspecified atom stereocenters. The molecule has 0 saturated carbocycles. The van der Waals surface area contributed by atoms with Crippen molar-refractivity contribution in [1.29, 1.82) is 0 Å². The van der Waals surface area contributed by atoms with Crippen LogP contribution in [0.3, 0.4) is 0 Å². The van der Waals surface area contributed by atoms with Crippen molar-refractivity contribution in [3.63, 3.8) is 0 Å². The van der Waals surface area contributed by atoms with Crippen LogP contribution in [0.15, 0.2) is 24.3 Å². The van der Waals surface area contributed by atoms with Gasteiger partial charge >= 0.3 is 5.97 Å². The van der Waals surface area contributed by atoms with E-state index in [-0.39, 0.29) is 11.8 Å². The number of nitrogens with one attached hydrogen (secondary N) is 2. The molecule has 0 fully saturated rings. The Labute approximate surface area is 142 Å². The first-order valence-electron chi connectivity index (χ1n) is 7.93. The molecule has 6 heteroatoms. The lowest BCUT2D eigenvalue weighted by Crippen LogP contribution is -2.44. The van der Waals surface area contributed by atoms with Crippen molar-refractivity contribution in [3.05, 3.63) is 35.4 Å². The highest BCUT2D eigenvalue weighted by atomic mass is 16.4. The van der Waals surface area contributed by atoms with E-state index in [0.29, 0.717) is 12.1 Å². The molecule has 0 bridgehead atoms. The van der Waals surface area contributed by atoms with E-state index in [1.807, 2.05) is 20.8 Å². The number of aliphatic carboxylic acids is 1. The second-order valence-corrected chi connectivity index (χ2v) is 7.16. The van der Waals surface area contributed by atoms with Crippen LogP contribution in [0.4, 0.5) is 0 Å². The molecule has 0 saturated heterocycles. The van der Waals surface area contributed by atoms with Gasteiger partial charge in [-0.25, -0.2) is 4.79 Å². The molecule has 0 aliphatic carbocycles. The summed E-state index contributed by atoms with van der Waals surface area (Å²) in [6, 6.07) is 5.79. The molecule has 0 spiro atoms. The minimum absolute atomic E-state index is 0.0504. The van der Waals surface area contributed by atoms with Gasteiger partial charge in [-0.15, -0.1) is 0 Å². The van der Waals surface area contributed by atoms with Gasteiger partial charge in [0.2, 0.25) is 5.91 Å². The molecule has 6 nitrogen and oxygen atoms in total. The maximum atomic E-state index is 12.1. The van der Waals surface area contributed by atoms with Crippen LogP contribution in [0.2, 0.25) is 0 Å². The van der Waals surface area contributed by atoms with Crippen LogP contribution >= 0.6 is 0 Å². The summed E-state index contributed by atoms with van der Waals surface area (Å²) < 4.78 is 0. The van der Waals surface area contributed by atoms with E-state index in [4.69, 9.17) is 5.11 Å². The van der Waals surface area contributed by atoms with Crippen LogP contribution < -0.4 is 10.6 Å². The van der Waals surface area contributed by atoms with Gasteiger partial charge in [0.1, 0.15) is 6.04 Å². The molecular weight excluding hydrogens is 308 g/mol. The Morgan fingerprint density at radius 3 is 2.04 bits per heavy atom. The molecule has 0 aliphatic rings. The van der Waals surface area contributed by atoms with Crippen LogP contribution in [-0.4, -0.2) is 28.9 Å². The number of hydrogen-bond donors (Lipinski definition) is 3. The minimum atomic E-state index is -1.06. The first kappa shape index (κ1) is 19.7. The van der Waals surface area contributed by atoms with Crippen LogP contribution in [-0.2, 0) is 16.1 Å². The van der Waals surface area contributed by atoms with Gasteiger partial charge in [-0.05, 0) is 23.6 Å². The Bertz CT molecular complexity index is 600. The van der Waals surface area contributed by atoms with Crippen LogP contribution in [0.5, 0.6) is 0 Å². The molecule has 24 heavy (non-hydrogen) atoms. The summed E-state index contributed by atoms with van der Waals surface area (Å²) >= 11 is 0. The first-order chi connectivity index (χ1) is 11.0. The zero-order chi connectivity index (χ0) is 18.5. The number of amides is 2. The van der Waals surface area contributed by atoms with E-state index in [2.05, 4.69) is 10.6 Å². The maximum absolute atomic E-state index is 12.1. The quantitative estimate of drug-likeness (QED) is 0.743. The summed E-state index contributed by atoms with van der Waals surface area (Å²) in [5.41, 5.74) is 0.790. The fraction of sp³-hybridized carbons (Fsp3) is 0.500. The first-order valence-corrected chi connectivity index (χ1v) is 7.93. The molecule has 1 aromatic carbocycles. The lowest BCUT2D eigenvalue weighted by molar-refractivity contribution is -0.140. The van der Waals surface area contributed by atoms with E-state index >= 15 is 0 Å². The third-order valence-electron chi connectivity index (χ3n) is 3.57. The van der Waals surface area contributed by atoms with Crippen LogP contribution in [0.25, 0.3) is 0 Å². The molecule has 1 rings (SSSR count). The smallest absolute Gasteiger partial charge is 0.326 e. The number of carbonyl (C=O) groups excluding carboxylic acids is 2. The summed E-state index contributed by atoms with van der Waals surface area (Å²) in [5, 5.41) is 14.5. The SMILES string of the molecule is CC(C)[C@@H](NC(=O)c1ccc(CNC(=O)C(C)(C)C)cc1)C(=O)O. The average molecular weight is 334 g/mol. The summed E-state index contributed by atoms with van der Waals surface area (Å²) in [5.74, 6) is -1.75. The van der Waals surface area contributed by atoms with Crippen molar-refractivity contribution in [3.8, 4) is 0 Å². The summed E-state index contributed by atoms with van der Waals surface area (Å²) in [6.07, 6.45) is 0. The Hall–Kier alpha value is -2.37. The highest BCUT2D eigenvalue weighted by Gasteiger charge is 2.24. The van der Waals surface area contributed by atoms with Gasteiger partial charge < -0.3 is 15.7 Å². The Kier molecular flexibility index (Phi) is 6.51. The van der Waals surface area contributed by atoms with Gasteiger partial charge in [-0.1, -0.05) is 46.8 Å². The Morgan fingerprint density at radius 2 is 1.62 bits per heavy atom. The molecule has 1 atom stereocenters. The zero-order valence-corrected chi connectivity index (χ0v) is 14.8. The molecule has 0 radical (unpaired) electrons. The van der Waals surface area contributed by atoms with Crippen molar-refractivity contribution in [2.45, 2.75) is 47.2 Å². The average Bonchev–Trinajstić information content (AvgIpc) is 2.48. The second-order valence-electron chi connectivity index (χ2n) is 7.16. The minimum Gasteiger partial charge on any atom is -0.480 e. The van der Waals surface area contributed by atoms with E-state index in [1.54, 1.807) is 38.1 Å². The molecule has 0 aliphatic heterocycles. The molecule has 2 amide bonds. The normalized spacial score (nSPS) is 12.6. The highest BCUT2D eigenvalue weighted by Crippen LogP contribution is 2.13. The van der Waals surface area contributed by atoms with Gasteiger partial charge in [0.15, 0.2) is 0 Å². The monoisotopic (exact) mass is 334 g/mol. The number of hydrogen-bond acceptors (Lipinski definition) is 3. The van der Waals surface area contributed by atoms with E-state index in [9.17, 15) is 14.4 Å². The lowest BCUT2D eigenvalue weighted by atomic mass is 9.95. The largest absolute Gasteiger partial charge is 0.480 e. The lowest BCUT2D eigenvalue weighted by Gasteiger charge is -2.18. The Balaban J connectivity index is 2.68. The summed E-state index contributed by atoms with van der Waals surface area (Å²) in [4.78, 5) is 35.1. The molecule has 132 valence electrons. The second kappa shape index (κ2) is 7.95. The van der Waals surface area contributed by atoms with Crippen LogP contribution in [0, 0.1) is 11.3 Å². The third-order valence-corrected chi connectivity index (χ3v) is 3.57. The molecular formula is C18H26N2O4. The van der Waals surface area contributed by atoms with Crippen molar-refractivity contribution in [2.75, 3.05) is 0 Å². The van der Waals surface area contributed by atoms with Gasteiger partial charge in [-0.2, -0.15) is 0 Å². The predicted octanol–water partition coefficient (Wildman–Crippen LogP) is 2.19. The van der Waals surface area contributed by atoms with Crippen molar-refractivity contribution >= 4 is 17.8 Å². The zero-order valence-electron chi connectivity index (χ0n) is 14.8. The molecule has 3 N–H and O–H groups in total. The van der Waals surface area contributed by atoms with Crippen LogP contribution in [0.1, 0.15) is 50.5 Å². The van der Waals surface area contributed by atoms with E-state index < -0.39 is 23.3 Å². The number of carboxylic acids is 1. The number of carboxylic acid groups (broad SMARTS) is 1. The van der Waals surface area contributed by atoms with Crippen molar-refractivity contribution in [2.24, 2.45) is 11.3 Å². The highest BCUT2D eigenvalue weighted by molar-refractivity contribution is 5.96. The third kappa shape index (κ3) is 5.68. The van der Waals surface area contributed by atoms with Gasteiger partial charge in [0, 0.05) is 17.5 Å². The Morgan fingerprint density at radius 1 is 1.08 bits per heavy atom. The topological polar surface area (TPSA) is 95.5 Å². The standard InChI is InChI=1S/C18H26N2O4/c1-11(2)14(16(22)23)20-15(21)13-8-6-12(7-9-13)10-19-17(24)18(3,4)5/h6-9,11,14H,10H2,1-5H3,(H,19,24)(H,20,21)(H,22,23)/t14-/m1/s1. The van der Waals surface area contributed by atoms with Gasteiger partial charge in [0.25, 0.3) is 5.91 Å². The molecule has 1 aromatic rings. The fourth-order valence-electron chi connectivity index (χ4n) is 1.96. The predicted molar refractivity (Wildman–Crippen MR) is 91.5 cm³/mol. The van der Waals surface area contributed by atoms with Gasteiger partial charge in [-0.3, -0.25) is 9.59 Å². The molecule has 0 heterocycles.